The topological polar surface area (TPSA) is 112 Å². The second-order valence-electron chi connectivity index (χ2n) is 7.25. The summed E-state index contributed by atoms with van der Waals surface area (Å²) in [5, 5.41) is 9.72. The molecule has 0 radical (unpaired) electrons. The summed E-state index contributed by atoms with van der Waals surface area (Å²) in [7, 11) is 0. The summed E-state index contributed by atoms with van der Waals surface area (Å²) in [5.74, 6) is -3.67. The molecule has 1 aliphatic heterocycles. The highest BCUT2D eigenvalue weighted by Crippen LogP contribution is 2.45. The van der Waals surface area contributed by atoms with Crippen LogP contribution in [0.3, 0.4) is 0 Å². The molecule has 29 heavy (non-hydrogen) atoms. The molecule has 0 unspecified atom stereocenters. The molecule has 2 rings (SSSR count). The molecule has 1 heterocycles. The molecule has 1 aromatic rings. The van der Waals surface area contributed by atoms with Gasteiger partial charge in [0.1, 0.15) is 11.8 Å². The van der Waals surface area contributed by atoms with E-state index in [2.05, 4.69) is 6.58 Å². The maximum absolute atomic E-state index is 12.9. The standard InChI is InChI=1S/C22H26N2O5/c1-6-8-14-9-7-10-15-17(16(11-23)20(24)29-19(14)15)18(21(25)27-12(2)3)22(26)28-13(4)5/h6-7,9-10,12-13,17-18H,1,8,24H2,2-5H3/t17-/m1/s1. The van der Waals surface area contributed by atoms with Crippen molar-refractivity contribution in [3.63, 3.8) is 0 Å². The van der Waals surface area contributed by atoms with E-state index in [0.29, 0.717) is 17.7 Å². The van der Waals surface area contributed by atoms with Gasteiger partial charge in [0.2, 0.25) is 5.88 Å². The number of nitriles is 1. The number of benzene rings is 1. The predicted molar refractivity (Wildman–Crippen MR) is 106 cm³/mol. The van der Waals surface area contributed by atoms with Crippen molar-refractivity contribution in [2.24, 2.45) is 11.7 Å². The zero-order chi connectivity index (χ0) is 21.7. The minimum absolute atomic E-state index is 0.0142. The van der Waals surface area contributed by atoms with Crippen LogP contribution in [0, 0.1) is 17.2 Å². The summed E-state index contributed by atoms with van der Waals surface area (Å²) < 4.78 is 16.3. The number of hydrogen-bond acceptors (Lipinski definition) is 7. The molecule has 0 saturated heterocycles. The van der Waals surface area contributed by atoms with Crippen molar-refractivity contribution in [3.05, 3.63) is 53.4 Å². The molecule has 154 valence electrons. The Morgan fingerprint density at radius 3 is 2.31 bits per heavy atom. The van der Waals surface area contributed by atoms with Gasteiger partial charge in [-0.2, -0.15) is 5.26 Å². The van der Waals surface area contributed by atoms with E-state index in [4.69, 9.17) is 19.9 Å². The molecule has 0 amide bonds. The Kier molecular flexibility index (Phi) is 7.05. The lowest BCUT2D eigenvalue weighted by molar-refractivity contribution is -0.167. The fraction of sp³-hybridized carbons (Fsp3) is 0.409. The summed E-state index contributed by atoms with van der Waals surface area (Å²) >= 11 is 0. The van der Waals surface area contributed by atoms with Crippen molar-refractivity contribution < 1.29 is 23.8 Å². The summed E-state index contributed by atoms with van der Waals surface area (Å²) in [6, 6.07) is 7.29. The van der Waals surface area contributed by atoms with E-state index in [1.54, 1.807) is 45.9 Å². The Hall–Kier alpha value is -3.27. The molecule has 0 spiro atoms. The van der Waals surface area contributed by atoms with Crippen LogP contribution in [0.15, 0.2) is 42.3 Å². The molecule has 7 nitrogen and oxygen atoms in total. The first-order valence-electron chi connectivity index (χ1n) is 9.42. The first kappa shape index (κ1) is 22.0. The highest BCUT2D eigenvalue weighted by Gasteiger charge is 2.46. The average Bonchev–Trinajstić information content (AvgIpc) is 2.61. The third-order valence-corrected chi connectivity index (χ3v) is 4.28. The molecule has 0 aromatic heterocycles. The zero-order valence-electron chi connectivity index (χ0n) is 17.1. The van der Waals surface area contributed by atoms with Crippen LogP contribution in [0.1, 0.15) is 44.7 Å². The second kappa shape index (κ2) is 9.28. The molecule has 0 fully saturated rings. The van der Waals surface area contributed by atoms with Gasteiger partial charge in [-0.25, -0.2) is 0 Å². The zero-order valence-corrected chi connectivity index (χ0v) is 17.1. The van der Waals surface area contributed by atoms with Crippen molar-refractivity contribution in [1.82, 2.24) is 0 Å². The first-order chi connectivity index (χ1) is 13.7. The Morgan fingerprint density at radius 2 is 1.83 bits per heavy atom. The predicted octanol–water partition coefficient (Wildman–Crippen LogP) is 3.10. The van der Waals surface area contributed by atoms with E-state index < -0.39 is 36.0 Å². The quantitative estimate of drug-likeness (QED) is 0.427. The number of carbonyl (C=O) groups excluding carboxylic acids is 2. The van der Waals surface area contributed by atoms with Crippen LogP contribution in [0.5, 0.6) is 5.75 Å². The van der Waals surface area contributed by atoms with Crippen molar-refractivity contribution in [3.8, 4) is 11.8 Å². The highest BCUT2D eigenvalue weighted by atomic mass is 16.6. The van der Waals surface area contributed by atoms with Crippen molar-refractivity contribution in [2.45, 2.75) is 52.2 Å². The summed E-state index contributed by atoms with van der Waals surface area (Å²) in [6.45, 7) is 10.4. The number of nitrogens with zero attached hydrogens (tertiary/aromatic N) is 1. The van der Waals surface area contributed by atoms with E-state index in [0.717, 1.165) is 5.56 Å². The van der Waals surface area contributed by atoms with Gasteiger partial charge in [0, 0.05) is 5.56 Å². The van der Waals surface area contributed by atoms with E-state index in [1.165, 1.54) is 0 Å². The molecular weight excluding hydrogens is 372 g/mol. The number of carbonyl (C=O) groups is 2. The van der Waals surface area contributed by atoms with Gasteiger partial charge in [-0.15, -0.1) is 6.58 Å². The van der Waals surface area contributed by atoms with Crippen molar-refractivity contribution >= 4 is 11.9 Å². The first-order valence-corrected chi connectivity index (χ1v) is 9.42. The van der Waals surface area contributed by atoms with E-state index in [-0.39, 0.29) is 11.5 Å². The van der Waals surface area contributed by atoms with Crippen molar-refractivity contribution in [1.29, 1.82) is 5.26 Å². The number of esters is 2. The summed E-state index contributed by atoms with van der Waals surface area (Å²) in [5.41, 5.74) is 7.27. The molecule has 0 bridgehead atoms. The van der Waals surface area contributed by atoms with Gasteiger partial charge < -0.3 is 19.9 Å². The SMILES string of the molecule is C=CCc1cccc2c1OC(N)=C(C#N)[C@@H]2C(C(=O)OC(C)C)C(=O)OC(C)C. The van der Waals surface area contributed by atoms with Crippen LogP contribution in [-0.2, 0) is 25.5 Å². The molecular formula is C22H26N2O5. The lowest BCUT2D eigenvalue weighted by atomic mass is 9.78. The third kappa shape index (κ3) is 4.77. The third-order valence-electron chi connectivity index (χ3n) is 4.28. The fourth-order valence-electron chi connectivity index (χ4n) is 3.21. The van der Waals surface area contributed by atoms with E-state index in [1.807, 2.05) is 12.1 Å². The Labute approximate surface area is 170 Å². The largest absolute Gasteiger partial charge is 0.462 e. The number of rotatable bonds is 7. The molecule has 0 saturated carbocycles. The van der Waals surface area contributed by atoms with E-state index >= 15 is 0 Å². The van der Waals surface area contributed by atoms with Crippen LogP contribution in [0.2, 0.25) is 0 Å². The van der Waals surface area contributed by atoms with Crippen LogP contribution in [0.4, 0.5) is 0 Å². The van der Waals surface area contributed by atoms with Gasteiger partial charge in [-0.05, 0) is 39.7 Å². The molecule has 1 aromatic carbocycles. The van der Waals surface area contributed by atoms with Gasteiger partial charge in [0.25, 0.3) is 0 Å². The van der Waals surface area contributed by atoms with Crippen LogP contribution in [0.25, 0.3) is 0 Å². The maximum atomic E-state index is 12.9. The van der Waals surface area contributed by atoms with Gasteiger partial charge in [0.05, 0.1) is 23.7 Å². The van der Waals surface area contributed by atoms with Gasteiger partial charge in [-0.1, -0.05) is 24.3 Å². The Balaban J connectivity index is 2.68. The number of nitrogens with two attached hydrogens (primary N) is 1. The molecule has 0 aliphatic carbocycles. The minimum Gasteiger partial charge on any atom is -0.462 e. The van der Waals surface area contributed by atoms with Gasteiger partial charge >= 0.3 is 11.9 Å². The normalized spacial score (nSPS) is 15.6. The minimum atomic E-state index is -1.39. The molecule has 2 N–H and O–H groups in total. The van der Waals surface area contributed by atoms with E-state index in [9.17, 15) is 14.9 Å². The van der Waals surface area contributed by atoms with Gasteiger partial charge in [0.15, 0.2) is 5.92 Å². The maximum Gasteiger partial charge on any atom is 0.321 e. The second-order valence-corrected chi connectivity index (χ2v) is 7.25. The van der Waals surface area contributed by atoms with Crippen LogP contribution in [-0.4, -0.2) is 24.1 Å². The number of hydrogen-bond donors (Lipinski definition) is 1. The number of fused-ring (bicyclic) bond motifs is 1. The van der Waals surface area contributed by atoms with Crippen LogP contribution < -0.4 is 10.5 Å². The fourth-order valence-corrected chi connectivity index (χ4v) is 3.21. The number of ether oxygens (including phenoxy) is 3. The molecule has 1 atom stereocenters. The Morgan fingerprint density at radius 1 is 1.24 bits per heavy atom. The number of para-hydroxylation sites is 1. The lowest BCUT2D eigenvalue weighted by Crippen LogP contribution is -2.38. The summed E-state index contributed by atoms with van der Waals surface area (Å²) in [4.78, 5) is 25.8. The monoisotopic (exact) mass is 398 g/mol. The lowest BCUT2D eigenvalue weighted by Gasteiger charge is -2.31. The van der Waals surface area contributed by atoms with Crippen molar-refractivity contribution in [2.75, 3.05) is 0 Å². The average molecular weight is 398 g/mol. The highest BCUT2D eigenvalue weighted by molar-refractivity contribution is 5.97. The Bertz CT molecular complexity index is 858. The molecule has 1 aliphatic rings. The van der Waals surface area contributed by atoms with Crippen LogP contribution >= 0.6 is 0 Å². The molecule has 7 heteroatoms. The summed E-state index contributed by atoms with van der Waals surface area (Å²) in [6.07, 6.45) is 1.29. The van der Waals surface area contributed by atoms with Gasteiger partial charge in [-0.3, -0.25) is 9.59 Å². The smallest absolute Gasteiger partial charge is 0.321 e. The number of allylic oxidation sites excluding steroid dienone is 2.